The number of aliphatic carboxylic acids is 1. The van der Waals surface area contributed by atoms with E-state index in [4.69, 9.17) is 9.72 Å². The Morgan fingerprint density at radius 2 is 1.68 bits per heavy atom. The zero-order chi connectivity index (χ0) is 26.7. The van der Waals surface area contributed by atoms with Crippen molar-refractivity contribution in [3.05, 3.63) is 76.9 Å². The minimum atomic E-state index is -0.830. The fourth-order valence-electron chi connectivity index (χ4n) is 6.51. The predicted molar refractivity (Wildman–Crippen MR) is 148 cm³/mol. The fraction of sp³-hybridized carbons (Fsp3) is 0.438. The summed E-state index contributed by atoms with van der Waals surface area (Å²) >= 11 is 0. The number of carboxylic acids is 1. The van der Waals surface area contributed by atoms with Gasteiger partial charge in [0, 0.05) is 42.0 Å². The summed E-state index contributed by atoms with van der Waals surface area (Å²) in [6.45, 7) is 6.39. The Morgan fingerprint density at radius 1 is 1.00 bits per heavy atom. The molecule has 38 heavy (non-hydrogen) atoms. The first-order valence-corrected chi connectivity index (χ1v) is 13.8. The molecule has 1 N–H and O–H groups in total. The van der Waals surface area contributed by atoms with E-state index in [2.05, 4.69) is 17.0 Å². The van der Waals surface area contributed by atoms with Gasteiger partial charge in [0.2, 0.25) is 0 Å². The topological polar surface area (TPSA) is 62.7 Å². The molecule has 5 rings (SSSR count). The number of aromatic nitrogens is 1. The molecule has 0 amide bonds. The summed E-state index contributed by atoms with van der Waals surface area (Å²) in [5.74, 6) is -0.299. The lowest BCUT2D eigenvalue weighted by molar-refractivity contribution is -0.136. The highest BCUT2D eigenvalue weighted by Gasteiger charge is 2.39. The van der Waals surface area contributed by atoms with E-state index < -0.39 is 5.97 Å². The summed E-state index contributed by atoms with van der Waals surface area (Å²) in [7, 11) is 0. The Labute approximate surface area is 224 Å². The molecular formula is C32H37FN2O3. The minimum absolute atomic E-state index is 0.0322. The van der Waals surface area contributed by atoms with Crippen molar-refractivity contribution in [1.82, 2.24) is 4.98 Å². The molecule has 5 nitrogen and oxygen atoms in total. The normalized spacial score (nSPS) is 16.7. The van der Waals surface area contributed by atoms with Gasteiger partial charge in [0.1, 0.15) is 11.6 Å². The van der Waals surface area contributed by atoms with Gasteiger partial charge >= 0.3 is 5.97 Å². The van der Waals surface area contributed by atoms with Crippen molar-refractivity contribution in [3.63, 3.8) is 0 Å². The molecule has 6 heteroatoms. The number of ether oxygens (including phenoxy) is 1. The summed E-state index contributed by atoms with van der Waals surface area (Å²) < 4.78 is 19.1. The molecule has 2 aromatic carbocycles. The van der Waals surface area contributed by atoms with Crippen LogP contribution in [0.5, 0.6) is 5.75 Å². The van der Waals surface area contributed by atoms with Crippen molar-refractivity contribution in [2.45, 2.75) is 65.2 Å². The van der Waals surface area contributed by atoms with Crippen molar-refractivity contribution in [3.8, 4) is 16.9 Å². The second-order valence-corrected chi connectivity index (χ2v) is 11.0. The summed E-state index contributed by atoms with van der Waals surface area (Å²) in [5, 5.41) is 9.78. The van der Waals surface area contributed by atoms with Crippen LogP contribution in [0.2, 0.25) is 0 Å². The van der Waals surface area contributed by atoms with E-state index >= 15 is 0 Å². The number of rotatable bonds is 8. The first-order chi connectivity index (χ1) is 18.3. The maximum Gasteiger partial charge on any atom is 0.307 e. The molecule has 1 aliphatic carbocycles. The van der Waals surface area contributed by atoms with Gasteiger partial charge in [-0.1, -0.05) is 37.1 Å². The Hall–Kier alpha value is -3.41. The first kappa shape index (κ1) is 26.2. The second kappa shape index (κ2) is 11.1. The van der Waals surface area contributed by atoms with Gasteiger partial charge in [0.15, 0.2) is 0 Å². The van der Waals surface area contributed by atoms with Crippen molar-refractivity contribution in [1.29, 1.82) is 0 Å². The number of anilines is 1. The molecular weight excluding hydrogens is 479 g/mol. The van der Waals surface area contributed by atoms with E-state index in [0.29, 0.717) is 18.4 Å². The van der Waals surface area contributed by atoms with Gasteiger partial charge in [-0.2, -0.15) is 0 Å². The standard InChI is InChI=1S/C32H37FN2O3/c1-22-28(20-29(36)37)31(35-18-5-17-32(21-35)15-3-4-16-32)30(23(2)34-22)25-8-12-27(13-9-25)38-19-14-24-6-10-26(33)11-7-24/h6-13H,3-5,14-21H2,1-2H3,(H,36,37). The Balaban J connectivity index is 1.43. The molecule has 0 unspecified atom stereocenters. The lowest BCUT2D eigenvalue weighted by atomic mass is 9.78. The number of pyridine rings is 1. The molecule has 1 aromatic heterocycles. The Bertz CT molecular complexity index is 1280. The van der Waals surface area contributed by atoms with E-state index in [0.717, 1.165) is 64.6 Å². The molecule has 0 bridgehead atoms. The maximum absolute atomic E-state index is 13.1. The van der Waals surface area contributed by atoms with Crippen LogP contribution in [-0.4, -0.2) is 35.8 Å². The van der Waals surface area contributed by atoms with Crippen LogP contribution in [0.3, 0.4) is 0 Å². The van der Waals surface area contributed by atoms with Crippen LogP contribution >= 0.6 is 0 Å². The molecule has 1 saturated carbocycles. The van der Waals surface area contributed by atoms with Crippen molar-refractivity contribution < 1.29 is 19.0 Å². The van der Waals surface area contributed by atoms with Crippen molar-refractivity contribution in [2.75, 3.05) is 24.6 Å². The molecule has 3 aromatic rings. The van der Waals surface area contributed by atoms with Crippen LogP contribution in [0, 0.1) is 25.1 Å². The second-order valence-electron chi connectivity index (χ2n) is 11.0. The van der Waals surface area contributed by atoms with Crippen LogP contribution in [0.25, 0.3) is 11.1 Å². The lowest BCUT2D eigenvalue weighted by Crippen LogP contribution is -2.43. The molecule has 1 spiro atoms. The SMILES string of the molecule is Cc1nc(C)c(-c2ccc(OCCc3ccc(F)cc3)cc2)c(N2CCCC3(CCCC3)C2)c1CC(=O)O. The molecule has 1 saturated heterocycles. The third-order valence-corrected chi connectivity index (χ3v) is 8.34. The molecule has 2 heterocycles. The third kappa shape index (κ3) is 5.69. The molecule has 1 aliphatic heterocycles. The zero-order valence-corrected chi connectivity index (χ0v) is 22.4. The molecule has 200 valence electrons. The van der Waals surface area contributed by atoms with Crippen LogP contribution in [-0.2, 0) is 17.6 Å². The number of piperidine rings is 1. The van der Waals surface area contributed by atoms with E-state index in [-0.39, 0.29) is 12.2 Å². The van der Waals surface area contributed by atoms with Crippen LogP contribution in [0.1, 0.15) is 61.0 Å². The number of nitrogens with zero attached hydrogens (tertiary/aromatic N) is 2. The van der Waals surface area contributed by atoms with E-state index in [9.17, 15) is 14.3 Å². The van der Waals surface area contributed by atoms with E-state index in [1.807, 2.05) is 26.0 Å². The van der Waals surface area contributed by atoms with Gasteiger partial charge in [-0.05, 0) is 80.3 Å². The quantitative estimate of drug-likeness (QED) is 0.352. The molecule has 0 atom stereocenters. The Morgan fingerprint density at radius 3 is 2.37 bits per heavy atom. The highest BCUT2D eigenvalue weighted by atomic mass is 19.1. The average Bonchev–Trinajstić information content (AvgIpc) is 3.34. The van der Waals surface area contributed by atoms with Crippen LogP contribution < -0.4 is 9.64 Å². The van der Waals surface area contributed by atoms with Gasteiger partial charge < -0.3 is 14.7 Å². The van der Waals surface area contributed by atoms with Gasteiger partial charge in [-0.25, -0.2) is 4.39 Å². The zero-order valence-electron chi connectivity index (χ0n) is 22.4. The number of aryl methyl sites for hydroxylation is 2. The summed E-state index contributed by atoms with van der Waals surface area (Å²) in [5.41, 5.74) is 7.03. The first-order valence-electron chi connectivity index (χ1n) is 13.8. The van der Waals surface area contributed by atoms with Gasteiger partial charge in [0.05, 0.1) is 18.7 Å². The highest BCUT2D eigenvalue weighted by Crippen LogP contribution is 2.48. The summed E-state index contributed by atoms with van der Waals surface area (Å²) in [6, 6.07) is 14.5. The summed E-state index contributed by atoms with van der Waals surface area (Å²) in [6.07, 6.45) is 8.17. The van der Waals surface area contributed by atoms with Crippen LogP contribution in [0.15, 0.2) is 48.5 Å². The average molecular weight is 517 g/mol. The molecule has 2 aliphatic rings. The van der Waals surface area contributed by atoms with Gasteiger partial charge in [-0.3, -0.25) is 9.78 Å². The number of benzene rings is 2. The maximum atomic E-state index is 13.1. The number of hydrogen-bond donors (Lipinski definition) is 1. The largest absolute Gasteiger partial charge is 0.493 e. The van der Waals surface area contributed by atoms with E-state index in [1.165, 1.54) is 44.2 Å². The van der Waals surface area contributed by atoms with E-state index in [1.54, 1.807) is 12.1 Å². The number of carboxylic acid groups (broad SMARTS) is 1. The minimum Gasteiger partial charge on any atom is -0.493 e. The molecule has 2 fully saturated rings. The smallest absolute Gasteiger partial charge is 0.307 e. The Kier molecular flexibility index (Phi) is 7.68. The predicted octanol–water partition coefficient (Wildman–Crippen LogP) is 6.91. The van der Waals surface area contributed by atoms with Crippen LogP contribution in [0.4, 0.5) is 10.1 Å². The summed E-state index contributed by atoms with van der Waals surface area (Å²) in [4.78, 5) is 19.2. The molecule has 0 radical (unpaired) electrons. The van der Waals surface area contributed by atoms with Gasteiger partial charge in [0.25, 0.3) is 0 Å². The monoisotopic (exact) mass is 516 g/mol. The van der Waals surface area contributed by atoms with Crippen molar-refractivity contribution >= 4 is 11.7 Å². The van der Waals surface area contributed by atoms with Gasteiger partial charge in [-0.15, -0.1) is 0 Å². The number of halogens is 1. The van der Waals surface area contributed by atoms with Crippen molar-refractivity contribution in [2.24, 2.45) is 5.41 Å². The third-order valence-electron chi connectivity index (χ3n) is 8.34. The number of hydrogen-bond acceptors (Lipinski definition) is 4. The highest BCUT2D eigenvalue weighted by molar-refractivity contribution is 5.86. The fourth-order valence-corrected chi connectivity index (χ4v) is 6.51. The lowest BCUT2D eigenvalue weighted by Gasteiger charge is -2.43. The number of carbonyl (C=O) groups is 1.